The van der Waals surface area contributed by atoms with E-state index < -0.39 is 0 Å². The highest BCUT2D eigenvalue weighted by Crippen LogP contribution is 2.21. The van der Waals surface area contributed by atoms with Gasteiger partial charge in [-0.05, 0) is 20.8 Å². The summed E-state index contributed by atoms with van der Waals surface area (Å²) >= 11 is 0. The fourth-order valence-electron chi connectivity index (χ4n) is 2.14. The molecule has 0 saturated carbocycles. The first-order valence-corrected chi connectivity index (χ1v) is 6.24. The Bertz CT molecular complexity index is 481. The van der Waals surface area contributed by atoms with Crippen LogP contribution in [0.25, 0.3) is 0 Å². The van der Waals surface area contributed by atoms with E-state index >= 15 is 0 Å². The smallest absolute Gasteiger partial charge is 0.254 e. The maximum absolute atomic E-state index is 11.9. The van der Waals surface area contributed by atoms with Gasteiger partial charge in [-0.25, -0.2) is 9.97 Å². The molecule has 1 N–H and O–H groups in total. The lowest BCUT2D eigenvalue weighted by Gasteiger charge is -2.32. The van der Waals surface area contributed by atoms with Crippen LogP contribution in [0.4, 0.5) is 0 Å². The van der Waals surface area contributed by atoms with Crippen molar-refractivity contribution in [1.82, 2.24) is 20.2 Å². The van der Waals surface area contributed by atoms with Gasteiger partial charge in [-0.3, -0.25) is 9.59 Å². The molecule has 1 atom stereocenters. The summed E-state index contributed by atoms with van der Waals surface area (Å²) in [5, 5.41) is 2.85. The molecule has 102 valence electrons. The Hall–Kier alpha value is -1.98. The van der Waals surface area contributed by atoms with Gasteiger partial charge in [0.25, 0.3) is 5.91 Å². The average Bonchev–Trinajstić information content (AvgIpc) is 2.71. The molecule has 19 heavy (non-hydrogen) atoms. The second-order valence-electron chi connectivity index (χ2n) is 5.68. The van der Waals surface area contributed by atoms with E-state index in [0.717, 1.165) is 0 Å². The Morgan fingerprint density at radius 1 is 1.37 bits per heavy atom. The van der Waals surface area contributed by atoms with Gasteiger partial charge in [0.05, 0.1) is 11.6 Å². The number of amides is 2. The molecule has 0 aromatic carbocycles. The molecule has 2 heterocycles. The van der Waals surface area contributed by atoms with E-state index in [4.69, 9.17) is 0 Å². The molecule has 0 aliphatic carbocycles. The molecule has 1 aromatic rings. The number of rotatable bonds is 2. The first-order chi connectivity index (χ1) is 8.88. The van der Waals surface area contributed by atoms with Crippen molar-refractivity contribution in [3.05, 3.63) is 24.3 Å². The quantitative estimate of drug-likeness (QED) is 0.847. The summed E-state index contributed by atoms with van der Waals surface area (Å²) < 4.78 is 0. The molecule has 6 heteroatoms. The third-order valence-electron chi connectivity index (χ3n) is 3.09. The third-order valence-corrected chi connectivity index (χ3v) is 3.09. The SMILES string of the molecule is CC(C)(C)N1CC(NC(=O)c2cncnc2)CC1=O. The first-order valence-electron chi connectivity index (χ1n) is 6.24. The van der Waals surface area contributed by atoms with Crippen LogP contribution in [0, 0.1) is 0 Å². The molecule has 1 aliphatic heterocycles. The Labute approximate surface area is 112 Å². The van der Waals surface area contributed by atoms with Crippen molar-refractivity contribution in [3.63, 3.8) is 0 Å². The second-order valence-corrected chi connectivity index (χ2v) is 5.68. The topological polar surface area (TPSA) is 75.2 Å². The van der Waals surface area contributed by atoms with Crippen molar-refractivity contribution in [3.8, 4) is 0 Å². The minimum atomic E-state index is -0.242. The van der Waals surface area contributed by atoms with Crippen LogP contribution < -0.4 is 5.32 Å². The molecule has 1 aliphatic rings. The summed E-state index contributed by atoms with van der Waals surface area (Å²) in [6.07, 6.45) is 4.63. The molecule has 2 amide bonds. The Morgan fingerprint density at radius 2 is 2.00 bits per heavy atom. The molecular weight excluding hydrogens is 244 g/mol. The van der Waals surface area contributed by atoms with Gasteiger partial charge in [-0.2, -0.15) is 0 Å². The highest BCUT2D eigenvalue weighted by Gasteiger charge is 2.36. The van der Waals surface area contributed by atoms with E-state index in [1.807, 2.05) is 20.8 Å². The molecule has 1 saturated heterocycles. The molecule has 6 nitrogen and oxygen atoms in total. The number of carbonyl (C=O) groups is 2. The molecule has 1 unspecified atom stereocenters. The molecule has 0 spiro atoms. The van der Waals surface area contributed by atoms with Gasteiger partial charge in [-0.1, -0.05) is 0 Å². The monoisotopic (exact) mass is 262 g/mol. The van der Waals surface area contributed by atoms with E-state index in [2.05, 4.69) is 15.3 Å². The first kappa shape index (κ1) is 13.5. The number of hydrogen-bond donors (Lipinski definition) is 1. The zero-order valence-corrected chi connectivity index (χ0v) is 11.4. The van der Waals surface area contributed by atoms with Crippen molar-refractivity contribution >= 4 is 11.8 Å². The standard InChI is InChI=1S/C13H18N4O2/c1-13(2,3)17-7-10(4-11(17)18)16-12(19)9-5-14-8-15-6-9/h5-6,8,10H,4,7H2,1-3H3,(H,16,19). The van der Waals surface area contributed by atoms with Gasteiger partial charge in [-0.15, -0.1) is 0 Å². The number of carbonyl (C=O) groups excluding carboxylic acids is 2. The van der Waals surface area contributed by atoms with E-state index in [-0.39, 0.29) is 23.4 Å². The van der Waals surface area contributed by atoms with Crippen LogP contribution in [-0.2, 0) is 4.79 Å². The van der Waals surface area contributed by atoms with Crippen LogP contribution in [-0.4, -0.2) is 44.8 Å². The van der Waals surface area contributed by atoms with E-state index in [1.165, 1.54) is 18.7 Å². The highest BCUT2D eigenvalue weighted by molar-refractivity contribution is 5.94. The minimum absolute atomic E-state index is 0.0714. The van der Waals surface area contributed by atoms with Crippen molar-refractivity contribution < 1.29 is 9.59 Å². The van der Waals surface area contributed by atoms with E-state index in [9.17, 15) is 9.59 Å². The number of nitrogens with one attached hydrogen (secondary N) is 1. The Kier molecular flexibility index (Phi) is 3.50. The fourth-order valence-corrected chi connectivity index (χ4v) is 2.14. The van der Waals surface area contributed by atoms with Crippen LogP contribution in [0.5, 0.6) is 0 Å². The predicted octanol–water partition coefficient (Wildman–Crippen LogP) is 0.606. The average molecular weight is 262 g/mol. The van der Waals surface area contributed by atoms with Crippen molar-refractivity contribution in [2.45, 2.75) is 38.8 Å². The van der Waals surface area contributed by atoms with Gasteiger partial charge in [0.1, 0.15) is 6.33 Å². The van der Waals surface area contributed by atoms with Crippen molar-refractivity contribution in [2.24, 2.45) is 0 Å². The normalized spacial score (nSPS) is 19.6. The minimum Gasteiger partial charge on any atom is -0.347 e. The highest BCUT2D eigenvalue weighted by atomic mass is 16.2. The van der Waals surface area contributed by atoms with Gasteiger partial charge in [0.15, 0.2) is 0 Å². The van der Waals surface area contributed by atoms with Crippen LogP contribution >= 0.6 is 0 Å². The zero-order chi connectivity index (χ0) is 14.0. The van der Waals surface area contributed by atoms with Crippen molar-refractivity contribution in [1.29, 1.82) is 0 Å². The molecule has 1 aromatic heterocycles. The maximum Gasteiger partial charge on any atom is 0.254 e. The molecule has 1 fully saturated rings. The summed E-state index contributed by atoms with van der Waals surface area (Å²) in [7, 11) is 0. The van der Waals surface area contributed by atoms with Gasteiger partial charge >= 0.3 is 0 Å². The van der Waals surface area contributed by atoms with Crippen LogP contribution in [0.2, 0.25) is 0 Å². The Balaban J connectivity index is 1.99. The second kappa shape index (κ2) is 4.95. The molecular formula is C13H18N4O2. The number of hydrogen-bond acceptors (Lipinski definition) is 4. The maximum atomic E-state index is 11.9. The lowest BCUT2D eigenvalue weighted by molar-refractivity contribution is -0.131. The van der Waals surface area contributed by atoms with Crippen LogP contribution in [0.15, 0.2) is 18.7 Å². The largest absolute Gasteiger partial charge is 0.347 e. The van der Waals surface area contributed by atoms with Crippen molar-refractivity contribution in [2.75, 3.05) is 6.54 Å². The summed E-state index contributed by atoms with van der Waals surface area (Å²) in [6.45, 7) is 6.50. The summed E-state index contributed by atoms with van der Waals surface area (Å²) in [6, 6.07) is -0.153. The summed E-state index contributed by atoms with van der Waals surface area (Å²) in [5.74, 6) is -0.170. The van der Waals surface area contributed by atoms with Gasteiger partial charge < -0.3 is 10.2 Å². The summed E-state index contributed by atoms with van der Waals surface area (Å²) in [5.41, 5.74) is 0.191. The predicted molar refractivity (Wildman–Crippen MR) is 69.4 cm³/mol. The van der Waals surface area contributed by atoms with Gasteiger partial charge in [0, 0.05) is 30.9 Å². The fraction of sp³-hybridized carbons (Fsp3) is 0.538. The molecule has 0 bridgehead atoms. The van der Waals surface area contributed by atoms with E-state index in [1.54, 1.807) is 4.90 Å². The zero-order valence-electron chi connectivity index (χ0n) is 11.4. The van der Waals surface area contributed by atoms with Crippen LogP contribution in [0.1, 0.15) is 37.6 Å². The number of aromatic nitrogens is 2. The van der Waals surface area contributed by atoms with Crippen LogP contribution in [0.3, 0.4) is 0 Å². The van der Waals surface area contributed by atoms with E-state index in [0.29, 0.717) is 18.5 Å². The summed E-state index contributed by atoms with van der Waals surface area (Å²) in [4.78, 5) is 33.2. The lowest BCUT2D eigenvalue weighted by atomic mass is 10.1. The number of nitrogens with zero attached hydrogens (tertiary/aromatic N) is 3. The molecule has 0 radical (unpaired) electrons. The lowest BCUT2D eigenvalue weighted by Crippen LogP contribution is -2.44. The third kappa shape index (κ3) is 3.07. The Morgan fingerprint density at radius 3 is 2.53 bits per heavy atom. The number of likely N-dealkylation sites (tertiary alicyclic amines) is 1. The molecule has 2 rings (SSSR count). The van der Waals surface area contributed by atoms with Gasteiger partial charge in [0.2, 0.25) is 5.91 Å².